The first-order chi connectivity index (χ1) is 10.3. The minimum Gasteiger partial charge on any atom is -0.490 e. The molecule has 2 aromatic carbocycles. The topological polar surface area (TPSA) is 30.5 Å². The van der Waals surface area contributed by atoms with E-state index in [0.717, 1.165) is 30.2 Å². The molecule has 0 aliphatic carbocycles. The summed E-state index contributed by atoms with van der Waals surface area (Å²) in [5, 5.41) is 3.34. The van der Waals surface area contributed by atoms with E-state index in [4.69, 9.17) is 9.47 Å². The van der Waals surface area contributed by atoms with Gasteiger partial charge in [0.2, 0.25) is 0 Å². The van der Waals surface area contributed by atoms with E-state index >= 15 is 0 Å². The van der Waals surface area contributed by atoms with Gasteiger partial charge in [-0.3, -0.25) is 0 Å². The molecule has 21 heavy (non-hydrogen) atoms. The van der Waals surface area contributed by atoms with Crippen LogP contribution in [0, 0.1) is 6.92 Å². The first-order valence-electron chi connectivity index (χ1n) is 7.41. The van der Waals surface area contributed by atoms with Crippen molar-refractivity contribution in [2.45, 2.75) is 20.4 Å². The van der Waals surface area contributed by atoms with E-state index in [1.165, 1.54) is 5.56 Å². The van der Waals surface area contributed by atoms with Crippen LogP contribution in [-0.2, 0) is 6.54 Å². The molecule has 0 aliphatic heterocycles. The number of para-hydroxylation sites is 2. The van der Waals surface area contributed by atoms with E-state index in [9.17, 15) is 0 Å². The first kappa shape index (κ1) is 15.4. The summed E-state index contributed by atoms with van der Waals surface area (Å²) in [5.41, 5.74) is 2.35. The van der Waals surface area contributed by atoms with E-state index in [1.807, 2.05) is 30.3 Å². The third-order valence-corrected chi connectivity index (χ3v) is 3.20. The SMILES string of the molecule is CCNCc1cccc(C)c1OCCOc1ccccc1. The Morgan fingerprint density at radius 1 is 0.905 bits per heavy atom. The zero-order chi connectivity index (χ0) is 14.9. The summed E-state index contributed by atoms with van der Waals surface area (Å²) in [6.45, 7) is 7.03. The fraction of sp³-hybridized carbons (Fsp3) is 0.333. The van der Waals surface area contributed by atoms with Gasteiger partial charge in [-0.15, -0.1) is 0 Å². The van der Waals surface area contributed by atoms with E-state index in [-0.39, 0.29) is 0 Å². The summed E-state index contributed by atoms with van der Waals surface area (Å²) in [7, 11) is 0. The van der Waals surface area contributed by atoms with Gasteiger partial charge in [0.15, 0.2) is 0 Å². The lowest BCUT2D eigenvalue weighted by Gasteiger charge is -2.15. The Labute approximate surface area is 126 Å². The fourth-order valence-corrected chi connectivity index (χ4v) is 2.14. The third kappa shape index (κ3) is 4.80. The maximum Gasteiger partial charge on any atom is 0.126 e. The van der Waals surface area contributed by atoms with Crippen LogP contribution in [0.15, 0.2) is 48.5 Å². The Kier molecular flexibility index (Phi) is 6.10. The average molecular weight is 285 g/mol. The molecule has 0 saturated carbocycles. The van der Waals surface area contributed by atoms with Gasteiger partial charge in [0, 0.05) is 12.1 Å². The molecule has 112 valence electrons. The highest BCUT2D eigenvalue weighted by atomic mass is 16.5. The van der Waals surface area contributed by atoms with Crippen LogP contribution in [0.4, 0.5) is 0 Å². The number of aryl methyl sites for hydroxylation is 1. The second-order valence-electron chi connectivity index (χ2n) is 4.85. The highest BCUT2D eigenvalue weighted by Crippen LogP contribution is 2.23. The summed E-state index contributed by atoms with van der Waals surface area (Å²) in [6.07, 6.45) is 0. The summed E-state index contributed by atoms with van der Waals surface area (Å²) in [4.78, 5) is 0. The number of hydrogen-bond acceptors (Lipinski definition) is 3. The molecule has 0 amide bonds. The highest BCUT2D eigenvalue weighted by Gasteiger charge is 2.06. The molecule has 0 aliphatic rings. The molecular formula is C18H23NO2. The summed E-state index contributed by atoms with van der Waals surface area (Å²) < 4.78 is 11.6. The molecule has 3 heteroatoms. The lowest BCUT2D eigenvalue weighted by molar-refractivity contribution is 0.215. The zero-order valence-corrected chi connectivity index (χ0v) is 12.8. The number of rotatable bonds is 8. The van der Waals surface area contributed by atoms with Crippen LogP contribution in [0.25, 0.3) is 0 Å². The van der Waals surface area contributed by atoms with Crippen LogP contribution in [0.2, 0.25) is 0 Å². The van der Waals surface area contributed by atoms with Gasteiger partial charge in [0.05, 0.1) is 0 Å². The number of ether oxygens (including phenoxy) is 2. The van der Waals surface area contributed by atoms with Crippen LogP contribution in [0.5, 0.6) is 11.5 Å². The zero-order valence-electron chi connectivity index (χ0n) is 12.8. The number of nitrogens with one attached hydrogen (secondary N) is 1. The van der Waals surface area contributed by atoms with Crippen LogP contribution < -0.4 is 14.8 Å². The molecule has 1 N–H and O–H groups in total. The van der Waals surface area contributed by atoms with Crippen molar-refractivity contribution in [2.75, 3.05) is 19.8 Å². The van der Waals surface area contributed by atoms with Crippen LogP contribution in [0.3, 0.4) is 0 Å². The Hall–Kier alpha value is -2.00. The van der Waals surface area contributed by atoms with Crippen molar-refractivity contribution in [1.82, 2.24) is 5.32 Å². The minimum absolute atomic E-state index is 0.541. The Morgan fingerprint density at radius 3 is 2.43 bits per heavy atom. The van der Waals surface area contributed by atoms with E-state index < -0.39 is 0 Å². The van der Waals surface area contributed by atoms with Gasteiger partial charge >= 0.3 is 0 Å². The number of hydrogen-bond donors (Lipinski definition) is 1. The van der Waals surface area contributed by atoms with Crippen molar-refractivity contribution in [3.8, 4) is 11.5 Å². The second kappa shape index (κ2) is 8.32. The molecule has 0 aromatic heterocycles. The normalized spacial score (nSPS) is 10.4. The molecule has 3 nitrogen and oxygen atoms in total. The Morgan fingerprint density at radius 2 is 1.67 bits per heavy atom. The van der Waals surface area contributed by atoms with Crippen molar-refractivity contribution in [1.29, 1.82) is 0 Å². The molecule has 2 aromatic rings. The standard InChI is InChI=1S/C18H23NO2/c1-3-19-14-16-9-7-8-15(2)18(16)21-13-12-20-17-10-5-4-6-11-17/h4-11,19H,3,12-14H2,1-2H3. The van der Waals surface area contributed by atoms with Gasteiger partial charge in [-0.1, -0.05) is 43.3 Å². The molecule has 0 unspecified atom stereocenters. The minimum atomic E-state index is 0.541. The highest BCUT2D eigenvalue weighted by molar-refractivity contribution is 5.40. The van der Waals surface area contributed by atoms with Gasteiger partial charge in [0.25, 0.3) is 0 Å². The van der Waals surface area contributed by atoms with E-state index in [2.05, 4.69) is 37.4 Å². The molecule has 0 saturated heterocycles. The van der Waals surface area contributed by atoms with Crippen LogP contribution in [-0.4, -0.2) is 19.8 Å². The van der Waals surface area contributed by atoms with Gasteiger partial charge in [-0.05, 0) is 31.2 Å². The summed E-state index contributed by atoms with van der Waals surface area (Å²) >= 11 is 0. The molecule has 0 bridgehead atoms. The fourth-order valence-electron chi connectivity index (χ4n) is 2.14. The summed E-state index contributed by atoms with van der Waals surface area (Å²) in [6, 6.07) is 16.0. The van der Waals surface area contributed by atoms with Crippen molar-refractivity contribution in [3.05, 3.63) is 59.7 Å². The van der Waals surface area contributed by atoms with Crippen LogP contribution in [0.1, 0.15) is 18.1 Å². The van der Waals surface area contributed by atoms with Gasteiger partial charge in [0.1, 0.15) is 24.7 Å². The van der Waals surface area contributed by atoms with Gasteiger partial charge in [-0.25, -0.2) is 0 Å². The average Bonchev–Trinajstić information content (AvgIpc) is 2.52. The van der Waals surface area contributed by atoms with Crippen LogP contribution >= 0.6 is 0 Å². The molecule has 0 fully saturated rings. The second-order valence-corrected chi connectivity index (χ2v) is 4.85. The summed E-state index contributed by atoms with van der Waals surface area (Å²) in [5.74, 6) is 1.84. The van der Waals surface area contributed by atoms with Crippen molar-refractivity contribution >= 4 is 0 Å². The van der Waals surface area contributed by atoms with Crippen molar-refractivity contribution < 1.29 is 9.47 Å². The Balaban J connectivity index is 1.87. The molecule has 2 rings (SSSR count). The van der Waals surface area contributed by atoms with Crippen molar-refractivity contribution in [2.24, 2.45) is 0 Å². The lowest BCUT2D eigenvalue weighted by atomic mass is 10.1. The molecule has 0 spiro atoms. The quantitative estimate of drug-likeness (QED) is 0.752. The lowest BCUT2D eigenvalue weighted by Crippen LogP contribution is -2.15. The van der Waals surface area contributed by atoms with Crippen molar-refractivity contribution in [3.63, 3.8) is 0 Å². The van der Waals surface area contributed by atoms with Gasteiger partial charge in [-0.2, -0.15) is 0 Å². The Bertz CT molecular complexity index is 540. The molecule has 0 radical (unpaired) electrons. The monoisotopic (exact) mass is 285 g/mol. The third-order valence-electron chi connectivity index (χ3n) is 3.20. The maximum atomic E-state index is 5.92. The smallest absolute Gasteiger partial charge is 0.126 e. The number of benzene rings is 2. The van der Waals surface area contributed by atoms with Gasteiger partial charge < -0.3 is 14.8 Å². The van der Waals surface area contributed by atoms with E-state index in [0.29, 0.717) is 13.2 Å². The predicted octanol–water partition coefficient (Wildman–Crippen LogP) is 3.56. The van der Waals surface area contributed by atoms with E-state index in [1.54, 1.807) is 0 Å². The predicted molar refractivity (Wildman–Crippen MR) is 86.0 cm³/mol. The molecular weight excluding hydrogens is 262 g/mol. The molecule has 0 atom stereocenters. The molecule has 0 heterocycles. The largest absolute Gasteiger partial charge is 0.490 e. The maximum absolute atomic E-state index is 5.92. The first-order valence-corrected chi connectivity index (χ1v) is 7.41.